The monoisotopic (exact) mass is 319 g/mol. The molecule has 1 aromatic rings. The van der Waals surface area contributed by atoms with E-state index in [2.05, 4.69) is 4.98 Å². The lowest BCUT2D eigenvalue weighted by Crippen LogP contribution is -2.59. The summed E-state index contributed by atoms with van der Waals surface area (Å²) in [5.74, 6) is -0.186. The van der Waals surface area contributed by atoms with Crippen molar-refractivity contribution >= 4 is 5.82 Å². The van der Waals surface area contributed by atoms with E-state index in [1.54, 1.807) is 0 Å². The summed E-state index contributed by atoms with van der Waals surface area (Å²) in [6.07, 6.45) is -6.72. The van der Waals surface area contributed by atoms with Gasteiger partial charge in [0.1, 0.15) is 31.0 Å². The van der Waals surface area contributed by atoms with Gasteiger partial charge in [0.15, 0.2) is 12.1 Å². The van der Waals surface area contributed by atoms with Gasteiger partial charge >= 0.3 is 5.69 Å². The van der Waals surface area contributed by atoms with Gasteiger partial charge in [-0.05, 0) is 0 Å². The first-order valence-corrected chi connectivity index (χ1v) is 6.35. The van der Waals surface area contributed by atoms with Gasteiger partial charge in [0, 0.05) is 11.8 Å². The molecule has 11 heteroatoms. The van der Waals surface area contributed by atoms with Gasteiger partial charge in [0.05, 0.1) is 6.61 Å². The molecule has 0 aromatic carbocycles. The Morgan fingerprint density at radius 2 is 1.95 bits per heavy atom. The number of nitrogen functional groups attached to an aromatic ring is 1. The Kier molecular flexibility index (Phi) is 4.95. The van der Waals surface area contributed by atoms with E-state index >= 15 is 0 Å². The first-order chi connectivity index (χ1) is 10.4. The minimum absolute atomic E-state index is 0.153. The third-order valence-corrected chi connectivity index (χ3v) is 3.28. The molecule has 2 rings (SSSR count). The fourth-order valence-electron chi connectivity index (χ4n) is 1.95. The molecular formula is C11H17N3O8. The van der Waals surface area contributed by atoms with Gasteiger partial charge in [0.25, 0.3) is 0 Å². The van der Waals surface area contributed by atoms with Crippen molar-refractivity contribution in [3.63, 3.8) is 0 Å². The first-order valence-electron chi connectivity index (χ1n) is 6.35. The smallest absolute Gasteiger partial charge is 0.382 e. The van der Waals surface area contributed by atoms with E-state index in [1.165, 1.54) is 0 Å². The van der Waals surface area contributed by atoms with Crippen molar-refractivity contribution in [2.24, 2.45) is 0 Å². The van der Waals surface area contributed by atoms with Crippen LogP contribution in [0.3, 0.4) is 0 Å². The average Bonchev–Trinajstić information content (AvgIpc) is 2.50. The largest absolute Gasteiger partial charge is 0.405 e. The molecule has 0 bridgehead atoms. The molecule has 22 heavy (non-hydrogen) atoms. The minimum Gasteiger partial charge on any atom is -0.405 e. The second kappa shape index (κ2) is 6.56. The molecular weight excluding hydrogens is 302 g/mol. The van der Waals surface area contributed by atoms with E-state index in [4.69, 9.17) is 20.4 Å². The number of rotatable bonds is 4. The predicted octanol–water partition coefficient (Wildman–Crippen LogP) is -4.45. The summed E-state index contributed by atoms with van der Waals surface area (Å²) in [7, 11) is 0. The molecule has 0 spiro atoms. The van der Waals surface area contributed by atoms with Crippen molar-refractivity contribution in [2.75, 3.05) is 12.3 Å². The third-order valence-electron chi connectivity index (χ3n) is 3.28. The van der Waals surface area contributed by atoms with E-state index < -0.39 is 49.6 Å². The molecule has 124 valence electrons. The van der Waals surface area contributed by atoms with E-state index in [0.29, 0.717) is 4.73 Å². The molecule has 1 fully saturated rings. The summed E-state index contributed by atoms with van der Waals surface area (Å²) in [6, 6.07) is 0. The van der Waals surface area contributed by atoms with Crippen molar-refractivity contribution in [1.82, 2.24) is 9.71 Å². The van der Waals surface area contributed by atoms with Gasteiger partial charge in [-0.1, -0.05) is 0 Å². The summed E-state index contributed by atoms with van der Waals surface area (Å²) < 4.78 is 5.47. The maximum Gasteiger partial charge on any atom is 0.382 e. The Morgan fingerprint density at radius 1 is 1.27 bits per heavy atom. The second-order valence-corrected chi connectivity index (χ2v) is 4.74. The Balaban J connectivity index is 2.12. The molecule has 1 aliphatic heterocycles. The van der Waals surface area contributed by atoms with Crippen LogP contribution < -0.4 is 16.3 Å². The van der Waals surface area contributed by atoms with E-state index in [0.717, 1.165) is 6.20 Å². The quantitative estimate of drug-likeness (QED) is 0.317. The van der Waals surface area contributed by atoms with Crippen LogP contribution >= 0.6 is 0 Å². The lowest BCUT2D eigenvalue weighted by molar-refractivity contribution is -0.288. The molecule has 0 radical (unpaired) electrons. The summed E-state index contributed by atoms with van der Waals surface area (Å²) in [6.45, 7) is -0.933. The molecule has 11 nitrogen and oxygen atoms in total. The molecule has 0 saturated carbocycles. The summed E-state index contributed by atoms with van der Waals surface area (Å²) in [5, 5.41) is 47.1. The normalized spacial score (nSPS) is 32.0. The Bertz CT molecular complexity index is 579. The average molecular weight is 319 g/mol. The van der Waals surface area contributed by atoms with Gasteiger partial charge in [-0.15, -0.1) is 4.73 Å². The zero-order chi connectivity index (χ0) is 16.4. The number of nitrogens with two attached hydrogens (primary N) is 1. The van der Waals surface area contributed by atoms with Crippen LogP contribution in [0.5, 0.6) is 0 Å². The van der Waals surface area contributed by atoms with Crippen molar-refractivity contribution in [1.29, 1.82) is 0 Å². The van der Waals surface area contributed by atoms with E-state index in [1.807, 2.05) is 0 Å². The summed E-state index contributed by atoms with van der Waals surface area (Å²) in [5.41, 5.74) is 4.91. The van der Waals surface area contributed by atoms with Gasteiger partial charge in [-0.2, -0.15) is 4.98 Å². The summed E-state index contributed by atoms with van der Waals surface area (Å²) in [4.78, 5) is 20.1. The molecule has 2 heterocycles. The fraction of sp³-hybridized carbons (Fsp3) is 0.636. The number of aromatic nitrogens is 2. The van der Waals surface area contributed by atoms with Crippen molar-refractivity contribution < 1.29 is 35.1 Å². The number of nitrogens with zero attached hydrogens (tertiary/aromatic N) is 2. The SMILES string of the molecule is Nc1c(CO)cnc(=O)n1OC[C@H]1O[C@H](O)[C@H](O)[C@@H](O)[C@@H]1O. The lowest BCUT2D eigenvalue weighted by atomic mass is 9.99. The molecule has 5 atom stereocenters. The number of aliphatic hydroxyl groups excluding tert-OH is 5. The standard InChI is InChI=1S/C11H17N3O8/c12-9-4(2-15)1-13-11(20)14(9)21-3-5-6(16)7(17)8(18)10(19)22-5/h1,5-8,10,15-19H,2-3,12H2/t5-,6-,7+,8-,10+/m1/s1. The number of hydrogen-bond donors (Lipinski definition) is 6. The number of aliphatic hydroxyl groups is 5. The van der Waals surface area contributed by atoms with Gasteiger partial charge < -0.3 is 40.8 Å². The maximum atomic E-state index is 11.6. The van der Waals surface area contributed by atoms with Crippen LogP contribution in [0.4, 0.5) is 5.82 Å². The molecule has 1 aromatic heterocycles. The molecule has 0 unspecified atom stereocenters. The molecule has 1 saturated heterocycles. The fourth-order valence-corrected chi connectivity index (χ4v) is 1.95. The summed E-state index contributed by atoms with van der Waals surface area (Å²) >= 11 is 0. The zero-order valence-corrected chi connectivity index (χ0v) is 11.3. The Labute approximate surface area is 123 Å². The number of anilines is 1. The van der Waals surface area contributed by atoms with Crippen molar-refractivity contribution in [3.8, 4) is 0 Å². The Hall–Kier alpha value is -1.76. The van der Waals surface area contributed by atoms with Crippen LogP contribution in [-0.2, 0) is 11.3 Å². The van der Waals surface area contributed by atoms with Crippen LogP contribution in [0, 0.1) is 0 Å². The topological polar surface area (TPSA) is 181 Å². The highest BCUT2D eigenvalue weighted by atomic mass is 16.7. The van der Waals surface area contributed by atoms with Crippen LogP contribution in [-0.4, -0.2) is 72.6 Å². The second-order valence-electron chi connectivity index (χ2n) is 4.74. The maximum absolute atomic E-state index is 11.6. The van der Waals surface area contributed by atoms with Crippen LogP contribution in [0.1, 0.15) is 5.56 Å². The minimum atomic E-state index is -1.72. The Morgan fingerprint density at radius 3 is 2.59 bits per heavy atom. The zero-order valence-electron chi connectivity index (χ0n) is 11.3. The van der Waals surface area contributed by atoms with Crippen molar-refractivity contribution in [2.45, 2.75) is 37.3 Å². The van der Waals surface area contributed by atoms with Gasteiger partial charge in [0.2, 0.25) is 0 Å². The van der Waals surface area contributed by atoms with E-state index in [9.17, 15) is 25.2 Å². The van der Waals surface area contributed by atoms with Crippen LogP contribution in [0.2, 0.25) is 0 Å². The molecule has 0 aliphatic carbocycles. The van der Waals surface area contributed by atoms with Crippen LogP contribution in [0.15, 0.2) is 11.0 Å². The third kappa shape index (κ3) is 3.04. The van der Waals surface area contributed by atoms with Gasteiger partial charge in [-0.3, -0.25) is 0 Å². The van der Waals surface area contributed by atoms with Crippen molar-refractivity contribution in [3.05, 3.63) is 22.2 Å². The van der Waals surface area contributed by atoms with E-state index in [-0.39, 0.29) is 11.4 Å². The highest BCUT2D eigenvalue weighted by Gasteiger charge is 2.43. The predicted molar refractivity (Wildman–Crippen MR) is 69.2 cm³/mol. The molecule has 7 N–H and O–H groups in total. The number of ether oxygens (including phenoxy) is 1. The van der Waals surface area contributed by atoms with Crippen LogP contribution in [0.25, 0.3) is 0 Å². The number of hydrogen-bond acceptors (Lipinski definition) is 10. The first kappa shape index (κ1) is 16.6. The highest BCUT2D eigenvalue weighted by Crippen LogP contribution is 2.19. The highest BCUT2D eigenvalue weighted by molar-refractivity contribution is 5.36. The van der Waals surface area contributed by atoms with Gasteiger partial charge in [-0.25, -0.2) is 4.79 Å². The lowest BCUT2D eigenvalue weighted by Gasteiger charge is -2.37. The molecule has 0 amide bonds. The molecule has 1 aliphatic rings.